The van der Waals surface area contributed by atoms with Crippen molar-refractivity contribution in [2.24, 2.45) is 0 Å². The second-order valence-electron chi connectivity index (χ2n) is 2.30. The minimum atomic E-state index is 0. The van der Waals surface area contributed by atoms with E-state index in [1.54, 1.807) is 0 Å². The minimum absolute atomic E-state index is 0. The molecule has 0 aromatic carbocycles. The van der Waals surface area contributed by atoms with Crippen LogP contribution >= 0.6 is 48.0 Å². The van der Waals surface area contributed by atoms with Gasteiger partial charge in [0.15, 0.2) is 0 Å². The molecule has 0 spiro atoms. The molecular formula is C9H15I2Zr-. The number of rotatable bonds is 2. The Labute approximate surface area is 129 Å². The van der Waals surface area contributed by atoms with Crippen LogP contribution in [0.25, 0.3) is 0 Å². The van der Waals surface area contributed by atoms with Crippen molar-refractivity contribution in [3.8, 4) is 0 Å². The van der Waals surface area contributed by atoms with Crippen molar-refractivity contribution in [2.45, 2.75) is 33.1 Å². The van der Waals surface area contributed by atoms with E-state index in [0.717, 1.165) is 12.8 Å². The Bertz CT molecular complexity index is 144. The summed E-state index contributed by atoms with van der Waals surface area (Å²) in [5.41, 5.74) is 2.95. The van der Waals surface area contributed by atoms with Gasteiger partial charge in [-0.2, -0.15) is 11.6 Å². The zero-order valence-corrected chi connectivity index (χ0v) is 14.6. The Kier molecular flexibility index (Phi) is 17.6. The molecule has 1 aliphatic rings. The van der Waals surface area contributed by atoms with Gasteiger partial charge < -0.3 is 0 Å². The summed E-state index contributed by atoms with van der Waals surface area (Å²) in [6.07, 6.45) is 8.99. The Morgan fingerprint density at radius 1 is 1.25 bits per heavy atom. The molecule has 0 saturated carbocycles. The summed E-state index contributed by atoms with van der Waals surface area (Å²) in [5, 5.41) is 0. The molecule has 0 heterocycles. The number of halogens is 2. The Balaban J connectivity index is -0.000000270. The first kappa shape index (κ1) is 19.4. The standard InChI is InChI=1S/C9H13.2HI.Zr/c1-3-8-6-5-7-9(8)4-2;;;/h6H,3-5H2,1-2H3;2*1H;/q-1;;;. The molecule has 0 bridgehead atoms. The number of allylic oxidation sites excluding steroid dienone is 4. The topological polar surface area (TPSA) is 0 Å². The molecule has 0 N–H and O–H groups in total. The van der Waals surface area contributed by atoms with Crippen LogP contribution in [-0.2, 0) is 26.2 Å². The third-order valence-electron chi connectivity index (χ3n) is 1.79. The van der Waals surface area contributed by atoms with Gasteiger partial charge in [-0.05, 0) is 0 Å². The van der Waals surface area contributed by atoms with Crippen LogP contribution in [0.3, 0.4) is 0 Å². The van der Waals surface area contributed by atoms with Gasteiger partial charge in [-0.25, -0.2) is 5.57 Å². The molecule has 1 rings (SSSR count). The van der Waals surface area contributed by atoms with E-state index >= 15 is 0 Å². The summed E-state index contributed by atoms with van der Waals surface area (Å²) < 4.78 is 0. The number of hydrogen-bond donors (Lipinski definition) is 0. The normalized spacial score (nSPS) is 13.2. The molecule has 0 saturated heterocycles. The van der Waals surface area contributed by atoms with Crippen molar-refractivity contribution in [1.82, 2.24) is 0 Å². The van der Waals surface area contributed by atoms with E-state index in [4.69, 9.17) is 0 Å². The van der Waals surface area contributed by atoms with Gasteiger partial charge in [0.1, 0.15) is 0 Å². The van der Waals surface area contributed by atoms with Crippen LogP contribution in [0.4, 0.5) is 0 Å². The molecule has 0 aromatic rings. The van der Waals surface area contributed by atoms with Gasteiger partial charge in [0.25, 0.3) is 0 Å². The maximum absolute atomic E-state index is 3.33. The van der Waals surface area contributed by atoms with Gasteiger partial charge in [-0.1, -0.05) is 26.7 Å². The van der Waals surface area contributed by atoms with Crippen molar-refractivity contribution in [3.05, 3.63) is 23.3 Å². The first-order valence-electron chi connectivity index (χ1n) is 3.67. The fourth-order valence-electron chi connectivity index (χ4n) is 1.24. The fourth-order valence-corrected chi connectivity index (χ4v) is 1.24. The third kappa shape index (κ3) is 5.53. The van der Waals surface area contributed by atoms with Crippen LogP contribution in [0.1, 0.15) is 33.1 Å². The van der Waals surface area contributed by atoms with Crippen LogP contribution in [-0.4, -0.2) is 0 Å². The molecule has 0 nitrogen and oxygen atoms in total. The van der Waals surface area contributed by atoms with E-state index in [1.165, 1.54) is 17.6 Å². The van der Waals surface area contributed by atoms with Crippen LogP contribution in [0, 0.1) is 6.08 Å². The molecule has 70 valence electrons. The Hall–Kier alpha value is 1.82. The SMILES string of the molecule is CCC1=[C-]CC=C1CC.I.I.[Zr]. The smallest absolute Gasteiger partial charge is 0 e. The maximum Gasteiger partial charge on any atom is 0 e. The molecule has 1 aliphatic carbocycles. The summed E-state index contributed by atoms with van der Waals surface area (Å²) in [6.45, 7) is 4.39. The first-order valence-corrected chi connectivity index (χ1v) is 3.67. The van der Waals surface area contributed by atoms with Crippen LogP contribution < -0.4 is 0 Å². The van der Waals surface area contributed by atoms with Crippen molar-refractivity contribution in [3.63, 3.8) is 0 Å². The molecule has 0 unspecified atom stereocenters. The van der Waals surface area contributed by atoms with Gasteiger partial charge >= 0.3 is 0 Å². The van der Waals surface area contributed by atoms with E-state index in [-0.39, 0.29) is 74.2 Å². The summed E-state index contributed by atoms with van der Waals surface area (Å²) >= 11 is 0. The van der Waals surface area contributed by atoms with E-state index in [0.29, 0.717) is 0 Å². The Morgan fingerprint density at radius 3 is 2.17 bits per heavy atom. The fraction of sp³-hybridized carbons (Fsp3) is 0.556. The van der Waals surface area contributed by atoms with Gasteiger partial charge in [0.2, 0.25) is 0 Å². The zero-order chi connectivity index (χ0) is 6.69. The predicted octanol–water partition coefficient (Wildman–Crippen LogP) is 4.10. The van der Waals surface area contributed by atoms with E-state index in [9.17, 15) is 0 Å². The molecule has 3 heteroatoms. The molecule has 0 radical (unpaired) electrons. The molecule has 0 amide bonds. The van der Waals surface area contributed by atoms with E-state index < -0.39 is 0 Å². The first-order chi connectivity index (χ1) is 4.38. The van der Waals surface area contributed by atoms with Crippen molar-refractivity contribution >= 4 is 48.0 Å². The van der Waals surface area contributed by atoms with Gasteiger partial charge in [-0.3, -0.25) is 6.08 Å². The van der Waals surface area contributed by atoms with Crippen LogP contribution in [0.15, 0.2) is 17.2 Å². The zero-order valence-electron chi connectivity index (χ0n) is 7.52. The summed E-state index contributed by atoms with van der Waals surface area (Å²) in [4.78, 5) is 0. The Morgan fingerprint density at radius 2 is 1.83 bits per heavy atom. The predicted molar refractivity (Wildman–Crippen MR) is 70.9 cm³/mol. The van der Waals surface area contributed by atoms with Crippen LogP contribution in [0.5, 0.6) is 0 Å². The second kappa shape index (κ2) is 10.9. The number of hydrogen-bond acceptors (Lipinski definition) is 0. The molecule has 0 fully saturated rings. The monoisotopic (exact) mass is 467 g/mol. The van der Waals surface area contributed by atoms with Crippen molar-refractivity contribution < 1.29 is 26.2 Å². The van der Waals surface area contributed by atoms with Gasteiger partial charge in [0.05, 0.1) is 0 Å². The second-order valence-corrected chi connectivity index (χ2v) is 2.30. The summed E-state index contributed by atoms with van der Waals surface area (Å²) in [5.74, 6) is 0. The molecule has 0 atom stereocenters. The average molecular weight is 468 g/mol. The molecule has 12 heavy (non-hydrogen) atoms. The minimum Gasteiger partial charge on any atom is -0.269 e. The van der Waals surface area contributed by atoms with Crippen molar-refractivity contribution in [2.75, 3.05) is 0 Å². The van der Waals surface area contributed by atoms with Crippen molar-refractivity contribution in [1.29, 1.82) is 0 Å². The quantitative estimate of drug-likeness (QED) is 0.423. The average Bonchev–Trinajstić information content (AvgIpc) is 2.33. The van der Waals surface area contributed by atoms with Crippen LogP contribution in [0.2, 0.25) is 0 Å². The summed E-state index contributed by atoms with van der Waals surface area (Å²) in [6, 6.07) is 0. The third-order valence-corrected chi connectivity index (χ3v) is 1.79. The largest absolute Gasteiger partial charge is 0.269 e. The maximum atomic E-state index is 3.33. The summed E-state index contributed by atoms with van der Waals surface area (Å²) in [7, 11) is 0. The molecule has 0 aromatic heterocycles. The van der Waals surface area contributed by atoms with Gasteiger partial charge in [-0.15, -0.1) is 54.4 Å². The molecular weight excluding hydrogens is 453 g/mol. The van der Waals surface area contributed by atoms with E-state index in [2.05, 4.69) is 26.0 Å². The van der Waals surface area contributed by atoms with Gasteiger partial charge in [0, 0.05) is 26.2 Å². The van der Waals surface area contributed by atoms with E-state index in [1.807, 2.05) is 0 Å². The molecule has 0 aliphatic heterocycles.